The molecule has 0 bridgehead atoms. The first-order valence-electron chi connectivity index (χ1n) is 14.4. The van der Waals surface area contributed by atoms with E-state index in [1.165, 1.54) is 21.1 Å². The van der Waals surface area contributed by atoms with Crippen molar-refractivity contribution in [1.82, 2.24) is 25.0 Å². The molecule has 0 spiro atoms. The summed E-state index contributed by atoms with van der Waals surface area (Å²) in [7, 11) is 1.72. The SMILES string of the molecule is Cn1cccc1C(=O)N[C@H]1C[C@@H](C(=O)O)N(C(=O)[C@@H]2CCCC[C@@H]2C(=O)N2C[C@@H](NC(=O)c3cccs3)C[C@H]2C(=O)O)C1. The number of hydrogen-bond donors (Lipinski definition) is 4. The average Bonchev–Trinajstić information content (AvgIpc) is 3.79. The third-order valence-electron chi connectivity index (χ3n) is 8.73. The summed E-state index contributed by atoms with van der Waals surface area (Å²) in [5.41, 5.74) is 0.401. The van der Waals surface area contributed by atoms with Crippen molar-refractivity contribution in [3.8, 4) is 0 Å². The van der Waals surface area contributed by atoms with Gasteiger partial charge in [0.15, 0.2) is 0 Å². The first kappa shape index (κ1) is 30.3. The zero-order valence-electron chi connectivity index (χ0n) is 23.7. The standard InChI is InChI=1S/C29H35N5O8S/c1-32-10-4-8-20(32)24(35)30-16-12-21(28(39)40)33(14-16)26(37)18-6-2-3-7-19(18)27(38)34-15-17(13-22(34)29(41)42)31-25(36)23-9-5-11-43-23/h4-5,8-11,16-19,21-22H,2-3,6-7,12-15H2,1H3,(H,30,35)(H,31,36)(H,39,40)(H,41,42)/t16-,17-,18+,19-,21-,22-/m0/s1. The van der Waals surface area contributed by atoms with Gasteiger partial charge in [-0.1, -0.05) is 18.9 Å². The Labute approximate surface area is 251 Å². The van der Waals surface area contributed by atoms with Gasteiger partial charge in [-0.25, -0.2) is 9.59 Å². The van der Waals surface area contributed by atoms with E-state index in [0.717, 1.165) is 0 Å². The second kappa shape index (κ2) is 12.6. The quantitative estimate of drug-likeness (QED) is 0.343. The summed E-state index contributed by atoms with van der Waals surface area (Å²) >= 11 is 1.25. The number of nitrogens with one attached hydrogen (secondary N) is 2. The van der Waals surface area contributed by atoms with Crippen LogP contribution in [-0.4, -0.2) is 97.4 Å². The van der Waals surface area contributed by atoms with E-state index in [-0.39, 0.29) is 37.7 Å². The molecule has 2 aromatic heterocycles. The Kier molecular flexibility index (Phi) is 8.85. The summed E-state index contributed by atoms with van der Waals surface area (Å²) in [5.74, 6) is -5.70. The molecule has 43 heavy (non-hydrogen) atoms. The number of aryl methyl sites for hydroxylation is 1. The number of aromatic nitrogens is 1. The van der Waals surface area contributed by atoms with E-state index in [1.54, 1.807) is 47.5 Å². The van der Waals surface area contributed by atoms with Crippen LogP contribution in [0, 0.1) is 11.8 Å². The van der Waals surface area contributed by atoms with E-state index >= 15 is 0 Å². The van der Waals surface area contributed by atoms with Gasteiger partial charge >= 0.3 is 11.9 Å². The average molecular weight is 614 g/mol. The summed E-state index contributed by atoms with van der Waals surface area (Å²) in [4.78, 5) is 80.5. The minimum Gasteiger partial charge on any atom is -0.480 e. The van der Waals surface area contributed by atoms with Gasteiger partial charge < -0.3 is 35.2 Å². The molecule has 2 aliphatic heterocycles. The van der Waals surface area contributed by atoms with E-state index in [0.29, 0.717) is 36.3 Å². The first-order chi connectivity index (χ1) is 20.5. The highest BCUT2D eigenvalue weighted by Crippen LogP contribution is 2.36. The van der Waals surface area contributed by atoms with Crippen LogP contribution >= 0.6 is 11.3 Å². The van der Waals surface area contributed by atoms with Crippen LogP contribution in [0.5, 0.6) is 0 Å². The fourth-order valence-corrected chi connectivity index (χ4v) is 7.23. The number of carboxylic acids is 2. The maximum atomic E-state index is 13.9. The second-order valence-corrected chi connectivity index (χ2v) is 12.4. The number of nitrogens with zero attached hydrogens (tertiary/aromatic N) is 3. The summed E-state index contributed by atoms with van der Waals surface area (Å²) in [6.07, 6.45) is 3.85. The maximum Gasteiger partial charge on any atom is 0.326 e. The molecule has 5 rings (SSSR count). The van der Waals surface area contributed by atoms with Crippen LogP contribution in [-0.2, 0) is 26.2 Å². The van der Waals surface area contributed by atoms with Gasteiger partial charge in [-0.15, -0.1) is 11.3 Å². The Hall–Kier alpha value is -4.20. The van der Waals surface area contributed by atoms with Gasteiger partial charge in [0.05, 0.1) is 4.88 Å². The summed E-state index contributed by atoms with van der Waals surface area (Å²) in [6, 6.07) is 3.27. The number of thiophene rings is 1. The molecule has 0 unspecified atom stereocenters. The highest BCUT2D eigenvalue weighted by Gasteiger charge is 2.49. The lowest BCUT2D eigenvalue weighted by Crippen LogP contribution is -2.51. The summed E-state index contributed by atoms with van der Waals surface area (Å²) in [5, 5.41) is 27.3. The highest BCUT2D eigenvalue weighted by molar-refractivity contribution is 7.12. The highest BCUT2D eigenvalue weighted by atomic mass is 32.1. The van der Waals surface area contributed by atoms with Gasteiger partial charge in [0.2, 0.25) is 11.8 Å². The second-order valence-electron chi connectivity index (χ2n) is 11.5. The number of rotatable bonds is 8. The molecule has 4 heterocycles. The first-order valence-corrected chi connectivity index (χ1v) is 15.3. The lowest BCUT2D eigenvalue weighted by molar-refractivity contribution is -0.156. The van der Waals surface area contributed by atoms with Crippen molar-refractivity contribution >= 4 is 46.9 Å². The number of amides is 4. The number of carbonyl (C=O) groups is 6. The van der Waals surface area contributed by atoms with E-state index in [9.17, 15) is 39.0 Å². The fourth-order valence-electron chi connectivity index (χ4n) is 6.61. The van der Waals surface area contributed by atoms with Crippen LogP contribution < -0.4 is 10.6 Å². The molecular weight excluding hydrogens is 578 g/mol. The fraction of sp³-hybridized carbons (Fsp3) is 0.517. The largest absolute Gasteiger partial charge is 0.480 e. The van der Waals surface area contributed by atoms with Crippen LogP contribution in [0.15, 0.2) is 35.8 Å². The topological polar surface area (TPSA) is 178 Å². The van der Waals surface area contributed by atoms with Crippen LogP contribution in [0.4, 0.5) is 0 Å². The van der Waals surface area contributed by atoms with Gasteiger partial charge in [-0.3, -0.25) is 19.2 Å². The molecule has 0 aromatic carbocycles. The Balaban J connectivity index is 1.30. The van der Waals surface area contributed by atoms with E-state index in [4.69, 9.17) is 0 Å². The van der Waals surface area contributed by atoms with Crippen molar-refractivity contribution in [3.05, 3.63) is 46.4 Å². The number of carbonyl (C=O) groups excluding carboxylic acids is 4. The zero-order chi connectivity index (χ0) is 30.8. The molecule has 3 fully saturated rings. The number of aliphatic carboxylic acids is 2. The van der Waals surface area contributed by atoms with E-state index in [2.05, 4.69) is 10.6 Å². The van der Waals surface area contributed by atoms with Crippen molar-refractivity contribution in [2.24, 2.45) is 18.9 Å². The van der Waals surface area contributed by atoms with Crippen molar-refractivity contribution in [1.29, 1.82) is 0 Å². The van der Waals surface area contributed by atoms with Crippen LogP contribution in [0.3, 0.4) is 0 Å². The summed E-state index contributed by atoms with van der Waals surface area (Å²) in [6.45, 7) is -0.0132. The minimum atomic E-state index is -1.20. The van der Waals surface area contributed by atoms with Crippen molar-refractivity contribution in [2.75, 3.05) is 13.1 Å². The molecule has 13 nitrogen and oxygen atoms in total. The van der Waals surface area contributed by atoms with Gasteiger partial charge in [0, 0.05) is 63.1 Å². The molecule has 0 radical (unpaired) electrons. The smallest absolute Gasteiger partial charge is 0.326 e. The number of hydrogen-bond acceptors (Lipinski definition) is 7. The number of carboxylic acid groups (broad SMARTS) is 2. The van der Waals surface area contributed by atoms with Crippen molar-refractivity contribution < 1.29 is 39.0 Å². The Morgan fingerprint density at radius 2 is 1.33 bits per heavy atom. The van der Waals surface area contributed by atoms with E-state index < -0.39 is 59.8 Å². The third-order valence-corrected chi connectivity index (χ3v) is 9.60. The molecule has 2 saturated heterocycles. The monoisotopic (exact) mass is 613 g/mol. The molecule has 4 amide bonds. The predicted octanol–water partition coefficient (Wildman–Crippen LogP) is 1.16. The minimum absolute atomic E-state index is 0.000941. The molecule has 230 valence electrons. The van der Waals surface area contributed by atoms with Crippen LogP contribution in [0.1, 0.15) is 58.7 Å². The molecule has 2 aromatic rings. The Morgan fingerprint density at radius 1 is 0.791 bits per heavy atom. The molecule has 6 atom stereocenters. The molecule has 4 N–H and O–H groups in total. The van der Waals surface area contributed by atoms with Crippen LogP contribution in [0.25, 0.3) is 0 Å². The zero-order valence-corrected chi connectivity index (χ0v) is 24.5. The van der Waals surface area contributed by atoms with Gasteiger partial charge in [-0.05, 0) is 36.4 Å². The van der Waals surface area contributed by atoms with Crippen molar-refractivity contribution in [2.45, 2.75) is 62.7 Å². The lowest BCUT2D eigenvalue weighted by atomic mass is 9.77. The molecule has 1 aliphatic carbocycles. The van der Waals surface area contributed by atoms with Crippen LogP contribution in [0.2, 0.25) is 0 Å². The van der Waals surface area contributed by atoms with Gasteiger partial charge in [0.1, 0.15) is 17.8 Å². The van der Waals surface area contributed by atoms with Gasteiger partial charge in [-0.2, -0.15) is 0 Å². The van der Waals surface area contributed by atoms with E-state index in [1.807, 2.05) is 0 Å². The lowest BCUT2D eigenvalue weighted by Gasteiger charge is -2.36. The molecule has 1 saturated carbocycles. The van der Waals surface area contributed by atoms with Crippen molar-refractivity contribution in [3.63, 3.8) is 0 Å². The molecule has 14 heteroatoms. The molecule has 3 aliphatic rings. The summed E-state index contributed by atoms with van der Waals surface area (Å²) < 4.78 is 1.64. The molecular formula is C29H35N5O8S. The maximum absolute atomic E-state index is 13.9. The predicted molar refractivity (Wildman–Crippen MR) is 153 cm³/mol. The third kappa shape index (κ3) is 6.28. The normalized spacial score (nSPS) is 27.1. The Morgan fingerprint density at radius 3 is 1.77 bits per heavy atom. The Bertz CT molecular complexity index is 1410. The number of likely N-dealkylation sites (tertiary alicyclic amines) is 2. The van der Waals surface area contributed by atoms with Gasteiger partial charge in [0.25, 0.3) is 11.8 Å².